The number of ether oxygens (including phenoxy) is 2. The Hall–Kier alpha value is -4.25. The summed E-state index contributed by atoms with van der Waals surface area (Å²) in [5.74, 6) is -0.118. The van der Waals surface area contributed by atoms with E-state index in [1.165, 1.54) is 23.1 Å². The number of nitrogens with zero attached hydrogens (tertiary/aromatic N) is 3. The van der Waals surface area contributed by atoms with Crippen molar-refractivity contribution >= 4 is 33.9 Å². The fourth-order valence-corrected chi connectivity index (χ4v) is 4.13. The molecule has 0 saturated heterocycles. The summed E-state index contributed by atoms with van der Waals surface area (Å²) in [7, 11) is 3.09. The first-order chi connectivity index (χ1) is 16.5. The van der Waals surface area contributed by atoms with Crippen molar-refractivity contribution in [1.29, 1.82) is 0 Å². The first kappa shape index (κ1) is 22.9. The Bertz CT molecular complexity index is 1450. The molecule has 2 aromatic carbocycles. The molecule has 2 N–H and O–H groups in total. The highest BCUT2D eigenvalue weighted by Crippen LogP contribution is 2.33. The Morgan fingerprint density at radius 1 is 1.00 bits per heavy atom. The lowest BCUT2D eigenvalue weighted by Crippen LogP contribution is -2.43. The number of nitrogens with one attached hydrogen (secondary N) is 2. The zero-order chi connectivity index (χ0) is 24.2. The van der Waals surface area contributed by atoms with Crippen LogP contribution in [0, 0.1) is 0 Å². The number of aromatic nitrogens is 3. The standard InChI is InChI=1S/C23H21N5O5S/c1-4-28-23(31)15-8-6-5-7-14(15)19(27-28)21(30)26-25-20(29)16-12-34-22(24-16)13-9-10-17(32-2)18(11-13)33-3/h5-12H,4H2,1-3H3,(H,25,29)(H,26,30). The van der Waals surface area contributed by atoms with E-state index in [0.717, 1.165) is 5.56 Å². The minimum absolute atomic E-state index is 0.0293. The topological polar surface area (TPSA) is 124 Å². The normalized spacial score (nSPS) is 10.7. The average Bonchev–Trinajstić information content (AvgIpc) is 3.37. The Morgan fingerprint density at radius 3 is 2.41 bits per heavy atom. The zero-order valence-corrected chi connectivity index (χ0v) is 19.4. The monoisotopic (exact) mass is 479 g/mol. The van der Waals surface area contributed by atoms with Crippen LogP contribution >= 0.6 is 11.3 Å². The quantitative estimate of drug-likeness (QED) is 0.407. The van der Waals surface area contributed by atoms with Crippen LogP contribution in [-0.4, -0.2) is 40.8 Å². The van der Waals surface area contributed by atoms with Crippen LogP contribution in [0.2, 0.25) is 0 Å². The number of aryl methyl sites for hydroxylation is 1. The van der Waals surface area contributed by atoms with E-state index in [0.29, 0.717) is 33.8 Å². The maximum absolute atomic E-state index is 12.8. The van der Waals surface area contributed by atoms with Crippen LogP contribution in [0.25, 0.3) is 21.3 Å². The lowest BCUT2D eigenvalue weighted by Gasteiger charge is -2.10. The van der Waals surface area contributed by atoms with Crippen LogP contribution < -0.4 is 25.9 Å². The molecule has 11 heteroatoms. The van der Waals surface area contributed by atoms with Gasteiger partial charge in [0, 0.05) is 22.9 Å². The molecule has 0 aliphatic heterocycles. The van der Waals surface area contributed by atoms with Crippen molar-refractivity contribution in [2.75, 3.05) is 14.2 Å². The molecular formula is C23H21N5O5S. The molecule has 4 rings (SSSR count). The number of carbonyl (C=O) groups excluding carboxylic acids is 2. The minimum Gasteiger partial charge on any atom is -0.493 e. The molecule has 0 radical (unpaired) electrons. The predicted molar refractivity (Wildman–Crippen MR) is 127 cm³/mol. The third-order valence-electron chi connectivity index (χ3n) is 5.04. The van der Waals surface area contributed by atoms with Gasteiger partial charge in [-0.15, -0.1) is 11.3 Å². The lowest BCUT2D eigenvalue weighted by molar-refractivity contribution is 0.0841. The lowest BCUT2D eigenvalue weighted by atomic mass is 10.1. The molecule has 0 unspecified atom stereocenters. The van der Waals surface area contributed by atoms with Crippen LogP contribution in [0.15, 0.2) is 52.6 Å². The number of fused-ring (bicyclic) bond motifs is 1. The second-order valence-corrected chi connectivity index (χ2v) is 7.89. The molecule has 10 nitrogen and oxygen atoms in total. The molecule has 34 heavy (non-hydrogen) atoms. The number of methoxy groups -OCH3 is 2. The van der Waals surface area contributed by atoms with Gasteiger partial charge in [-0.2, -0.15) is 5.10 Å². The molecular weight excluding hydrogens is 458 g/mol. The van der Waals surface area contributed by atoms with E-state index in [1.54, 1.807) is 55.8 Å². The maximum atomic E-state index is 12.8. The van der Waals surface area contributed by atoms with E-state index in [9.17, 15) is 14.4 Å². The fraction of sp³-hybridized carbons (Fsp3) is 0.174. The van der Waals surface area contributed by atoms with Gasteiger partial charge in [0.25, 0.3) is 17.4 Å². The first-order valence-corrected chi connectivity index (χ1v) is 11.1. The van der Waals surface area contributed by atoms with E-state index in [1.807, 2.05) is 6.07 Å². The highest BCUT2D eigenvalue weighted by atomic mass is 32.1. The van der Waals surface area contributed by atoms with Gasteiger partial charge in [-0.25, -0.2) is 9.67 Å². The summed E-state index contributed by atoms with van der Waals surface area (Å²) in [6, 6.07) is 12.0. The number of amides is 2. The van der Waals surface area contributed by atoms with Gasteiger partial charge < -0.3 is 9.47 Å². The summed E-state index contributed by atoms with van der Waals surface area (Å²) in [5.41, 5.74) is 5.33. The van der Waals surface area contributed by atoms with Crippen LogP contribution in [0.4, 0.5) is 0 Å². The van der Waals surface area contributed by atoms with Crippen molar-refractivity contribution < 1.29 is 19.1 Å². The molecule has 174 valence electrons. The molecule has 0 bridgehead atoms. The van der Waals surface area contributed by atoms with Gasteiger partial charge in [-0.05, 0) is 31.2 Å². The number of benzene rings is 2. The van der Waals surface area contributed by atoms with Crippen molar-refractivity contribution in [1.82, 2.24) is 25.6 Å². The molecule has 4 aromatic rings. The number of hydrogen-bond donors (Lipinski definition) is 2. The minimum atomic E-state index is -0.651. The largest absolute Gasteiger partial charge is 0.493 e. The maximum Gasteiger partial charge on any atom is 0.290 e. The van der Waals surface area contributed by atoms with Crippen LogP contribution in [-0.2, 0) is 6.54 Å². The van der Waals surface area contributed by atoms with Gasteiger partial charge in [-0.1, -0.05) is 18.2 Å². The van der Waals surface area contributed by atoms with E-state index in [-0.39, 0.29) is 16.9 Å². The Morgan fingerprint density at radius 2 is 1.71 bits per heavy atom. The fourth-order valence-electron chi connectivity index (χ4n) is 3.33. The third-order valence-corrected chi connectivity index (χ3v) is 5.93. The summed E-state index contributed by atoms with van der Waals surface area (Å²) < 4.78 is 11.8. The second-order valence-electron chi connectivity index (χ2n) is 7.03. The molecule has 2 heterocycles. The SMILES string of the molecule is CCn1nc(C(=O)NNC(=O)c2csc(-c3ccc(OC)c(OC)c3)n2)c2ccccc2c1=O. The third kappa shape index (κ3) is 4.33. The molecule has 2 aromatic heterocycles. The smallest absolute Gasteiger partial charge is 0.290 e. The summed E-state index contributed by atoms with van der Waals surface area (Å²) in [5, 5.41) is 7.09. The van der Waals surface area contributed by atoms with Crippen LogP contribution in [0.1, 0.15) is 27.9 Å². The molecule has 0 spiro atoms. The number of carbonyl (C=O) groups is 2. The molecule has 0 aliphatic carbocycles. The molecule has 0 atom stereocenters. The average molecular weight is 480 g/mol. The zero-order valence-electron chi connectivity index (χ0n) is 18.6. The highest BCUT2D eigenvalue weighted by Gasteiger charge is 2.18. The molecule has 0 fully saturated rings. The van der Waals surface area contributed by atoms with Gasteiger partial charge in [-0.3, -0.25) is 25.2 Å². The number of rotatable bonds is 6. The molecule has 2 amide bonds. The Labute approximate surface area is 198 Å². The van der Waals surface area contributed by atoms with Crippen molar-refractivity contribution in [3.05, 3.63) is 69.6 Å². The molecule has 0 aliphatic rings. The number of thiazole rings is 1. The molecule has 0 saturated carbocycles. The van der Waals surface area contributed by atoms with Gasteiger partial charge >= 0.3 is 0 Å². The summed E-state index contributed by atoms with van der Waals surface area (Å²) in [4.78, 5) is 42.2. The summed E-state index contributed by atoms with van der Waals surface area (Å²) in [6.45, 7) is 2.05. The van der Waals surface area contributed by atoms with E-state index in [4.69, 9.17) is 9.47 Å². The summed E-state index contributed by atoms with van der Waals surface area (Å²) >= 11 is 1.27. The van der Waals surface area contributed by atoms with Crippen LogP contribution in [0.3, 0.4) is 0 Å². The number of hydrazine groups is 1. The number of hydrogen-bond acceptors (Lipinski definition) is 8. The van der Waals surface area contributed by atoms with E-state index >= 15 is 0 Å². The van der Waals surface area contributed by atoms with Crippen molar-refractivity contribution in [3.8, 4) is 22.1 Å². The van der Waals surface area contributed by atoms with Gasteiger partial charge in [0.1, 0.15) is 10.7 Å². The van der Waals surface area contributed by atoms with Gasteiger partial charge in [0.2, 0.25) is 0 Å². The summed E-state index contributed by atoms with van der Waals surface area (Å²) in [6.07, 6.45) is 0. The van der Waals surface area contributed by atoms with E-state index < -0.39 is 11.8 Å². The van der Waals surface area contributed by atoms with Crippen LogP contribution in [0.5, 0.6) is 11.5 Å². The van der Waals surface area contributed by atoms with Crippen molar-refractivity contribution in [3.63, 3.8) is 0 Å². The Balaban J connectivity index is 1.51. The van der Waals surface area contributed by atoms with Crippen molar-refractivity contribution in [2.45, 2.75) is 13.5 Å². The first-order valence-electron chi connectivity index (χ1n) is 10.2. The van der Waals surface area contributed by atoms with Crippen molar-refractivity contribution in [2.24, 2.45) is 0 Å². The van der Waals surface area contributed by atoms with Gasteiger partial charge in [0.15, 0.2) is 17.2 Å². The second kappa shape index (κ2) is 9.71. The Kier molecular flexibility index (Phi) is 6.55. The predicted octanol–water partition coefficient (Wildman–Crippen LogP) is 2.63. The van der Waals surface area contributed by atoms with E-state index in [2.05, 4.69) is 20.9 Å². The van der Waals surface area contributed by atoms with Gasteiger partial charge in [0.05, 0.1) is 19.6 Å². The highest BCUT2D eigenvalue weighted by molar-refractivity contribution is 7.13.